The molecule has 0 spiro atoms. The molecule has 0 aliphatic heterocycles. The van der Waals surface area contributed by atoms with Crippen LogP contribution in [-0.4, -0.2) is 33.2 Å². The third-order valence-electron chi connectivity index (χ3n) is 5.86. The normalized spacial score (nSPS) is 10.9. The zero-order chi connectivity index (χ0) is 24.9. The van der Waals surface area contributed by atoms with Crippen molar-refractivity contribution in [2.45, 2.75) is 20.0 Å². The molecule has 0 N–H and O–H groups in total. The first-order chi connectivity index (χ1) is 17.6. The van der Waals surface area contributed by atoms with Crippen LogP contribution in [-0.2, 0) is 22.6 Å². The van der Waals surface area contributed by atoms with Gasteiger partial charge in [-0.05, 0) is 36.2 Å². The lowest BCUT2D eigenvalue weighted by molar-refractivity contribution is -0.135. The van der Waals surface area contributed by atoms with E-state index in [9.17, 15) is 9.59 Å². The number of hydrogen-bond donors (Lipinski definition) is 0. The highest BCUT2D eigenvalue weighted by Crippen LogP contribution is 2.30. The zero-order valence-electron chi connectivity index (χ0n) is 19.8. The fraction of sp³-hybridized carbons (Fsp3) is 0.138. The minimum absolute atomic E-state index is 0.246. The molecular formula is C29H25N3O3S. The maximum atomic E-state index is 13.1. The lowest BCUT2D eigenvalue weighted by Crippen LogP contribution is -2.33. The molecule has 0 saturated heterocycles. The van der Waals surface area contributed by atoms with Gasteiger partial charge in [0.05, 0.1) is 11.4 Å². The predicted molar refractivity (Wildman–Crippen MR) is 141 cm³/mol. The number of thiophene rings is 1. The molecule has 6 nitrogen and oxygen atoms in total. The van der Waals surface area contributed by atoms with Crippen LogP contribution in [0.25, 0.3) is 15.9 Å². The highest BCUT2D eigenvalue weighted by Gasteiger charge is 2.21. The summed E-state index contributed by atoms with van der Waals surface area (Å²) in [5.41, 5.74) is 3.78. The van der Waals surface area contributed by atoms with Crippen molar-refractivity contribution in [1.29, 1.82) is 0 Å². The molecule has 0 unspecified atom stereocenters. The van der Waals surface area contributed by atoms with Crippen LogP contribution in [0.4, 0.5) is 0 Å². The summed E-state index contributed by atoms with van der Waals surface area (Å²) in [6, 6.07) is 31.2. The number of ether oxygens (including phenoxy) is 1. The van der Waals surface area contributed by atoms with Gasteiger partial charge in [0.15, 0.2) is 6.61 Å². The van der Waals surface area contributed by atoms with Crippen LogP contribution < -0.4 is 0 Å². The molecule has 2 aromatic heterocycles. The van der Waals surface area contributed by atoms with Gasteiger partial charge in [-0.1, -0.05) is 78.9 Å². The number of carbonyl (C=O) groups is 2. The topological polar surface area (TPSA) is 64.4 Å². The fourth-order valence-electron chi connectivity index (χ4n) is 4.02. The van der Waals surface area contributed by atoms with E-state index >= 15 is 0 Å². The summed E-state index contributed by atoms with van der Waals surface area (Å²) >= 11 is 1.31. The van der Waals surface area contributed by atoms with Gasteiger partial charge in [-0.25, -0.2) is 9.48 Å². The molecule has 0 fully saturated rings. The predicted octanol–water partition coefficient (Wildman–Crippen LogP) is 5.78. The summed E-state index contributed by atoms with van der Waals surface area (Å²) in [7, 11) is 0. The first-order valence-electron chi connectivity index (χ1n) is 11.7. The van der Waals surface area contributed by atoms with Gasteiger partial charge in [-0.2, -0.15) is 5.10 Å². The highest BCUT2D eigenvalue weighted by molar-refractivity contribution is 7.20. The Balaban J connectivity index is 1.31. The molecule has 1 amide bonds. The summed E-state index contributed by atoms with van der Waals surface area (Å²) in [6.45, 7) is 2.46. The number of hydrogen-bond acceptors (Lipinski definition) is 5. The number of carbonyl (C=O) groups excluding carboxylic acids is 2. The molecule has 2 heterocycles. The highest BCUT2D eigenvalue weighted by atomic mass is 32.1. The first kappa shape index (κ1) is 23.5. The van der Waals surface area contributed by atoms with E-state index in [-0.39, 0.29) is 12.5 Å². The van der Waals surface area contributed by atoms with Crippen molar-refractivity contribution in [3.05, 3.63) is 119 Å². The summed E-state index contributed by atoms with van der Waals surface area (Å²) in [6.07, 6.45) is 0. The van der Waals surface area contributed by atoms with Gasteiger partial charge >= 0.3 is 5.97 Å². The SMILES string of the molecule is Cc1nn(-c2ccccc2)c2sc(C(=O)OCC(=O)N(Cc3ccccc3)Cc3ccccc3)cc12. The van der Waals surface area contributed by atoms with Gasteiger partial charge in [0, 0.05) is 18.5 Å². The summed E-state index contributed by atoms with van der Waals surface area (Å²) in [5, 5.41) is 5.51. The van der Waals surface area contributed by atoms with Gasteiger partial charge in [-0.15, -0.1) is 11.3 Å². The van der Waals surface area contributed by atoms with Gasteiger partial charge in [-0.3, -0.25) is 4.79 Å². The van der Waals surface area contributed by atoms with E-state index in [0.717, 1.165) is 32.7 Å². The van der Waals surface area contributed by atoms with Crippen molar-refractivity contribution in [2.24, 2.45) is 0 Å². The van der Waals surface area contributed by atoms with Gasteiger partial charge < -0.3 is 9.64 Å². The largest absolute Gasteiger partial charge is 0.451 e. The maximum Gasteiger partial charge on any atom is 0.348 e. The van der Waals surface area contributed by atoms with Crippen molar-refractivity contribution in [2.75, 3.05) is 6.61 Å². The minimum Gasteiger partial charge on any atom is -0.451 e. The summed E-state index contributed by atoms with van der Waals surface area (Å²) < 4.78 is 7.31. The Labute approximate surface area is 213 Å². The minimum atomic E-state index is -0.511. The van der Waals surface area contributed by atoms with E-state index in [1.54, 1.807) is 11.0 Å². The van der Waals surface area contributed by atoms with E-state index in [1.165, 1.54) is 11.3 Å². The number of para-hydroxylation sites is 1. The number of nitrogens with zero attached hydrogens (tertiary/aromatic N) is 3. The van der Waals surface area contributed by atoms with Crippen LogP contribution in [0.2, 0.25) is 0 Å². The second kappa shape index (κ2) is 10.6. The lowest BCUT2D eigenvalue weighted by atomic mass is 10.1. The number of fused-ring (bicyclic) bond motifs is 1. The van der Waals surface area contributed by atoms with E-state index in [2.05, 4.69) is 5.10 Å². The van der Waals surface area contributed by atoms with E-state index in [0.29, 0.717) is 18.0 Å². The molecule has 5 aromatic rings. The molecule has 180 valence electrons. The third kappa shape index (κ3) is 5.21. The maximum absolute atomic E-state index is 13.1. The molecular weight excluding hydrogens is 470 g/mol. The smallest absolute Gasteiger partial charge is 0.348 e. The zero-order valence-corrected chi connectivity index (χ0v) is 20.7. The fourth-order valence-corrected chi connectivity index (χ4v) is 5.10. The van der Waals surface area contributed by atoms with E-state index in [4.69, 9.17) is 4.74 Å². The number of rotatable bonds is 8. The number of esters is 1. The molecule has 0 saturated carbocycles. The molecule has 0 radical (unpaired) electrons. The number of aryl methyl sites for hydroxylation is 1. The Morgan fingerprint density at radius 3 is 2.00 bits per heavy atom. The van der Waals surface area contributed by atoms with Crippen LogP contribution in [0, 0.1) is 6.92 Å². The Bertz CT molecular complexity index is 1440. The monoisotopic (exact) mass is 495 g/mol. The van der Waals surface area contributed by atoms with Gasteiger partial charge in [0.25, 0.3) is 5.91 Å². The van der Waals surface area contributed by atoms with Crippen molar-refractivity contribution in [3.63, 3.8) is 0 Å². The summed E-state index contributed by atoms with van der Waals surface area (Å²) in [5.74, 6) is -0.758. The molecule has 7 heteroatoms. The number of amides is 1. The van der Waals surface area contributed by atoms with E-state index < -0.39 is 5.97 Å². The van der Waals surface area contributed by atoms with Crippen LogP contribution in [0.1, 0.15) is 26.5 Å². The molecule has 0 bridgehead atoms. The van der Waals surface area contributed by atoms with Crippen LogP contribution in [0.3, 0.4) is 0 Å². The van der Waals surface area contributed by atoms with Gasteiger partial charge in [0.1, 0.15) is 9.71 Å². The van der Waals surface area contributed by atoms with Crippen molar-refractivity contribution >= 4 is 33.4 Å². The average molecular weight is 496 g/mol. The molecule has 0 atom stereocenters. The molecule has 5 rings (SSSR count). The third-order valence-corrected chi connectivity index (χ3v) is 6.95. The van der Waals surface area contributed by atoms with Crippen LogP contribution >= 0.6 is 11.3 Å². The molecule has 0 aliphatic carbocycles. The van der Waals surface area contributed by atoms with Crippen molar-refractivity contribution in [1.82, 2.24) is 14.7 Å². The van der Waals surface area contributed by atoms with Crippen LogP contribution in [0.5, 0.6) is 0 Å². The second-order valence-electron chi connectivity index (χ2n) is 8.46. The standard InChI is InChI=1S/C29H25N3O3S/c1-21-25-17-26(36-28(25)32(30-21)24-15-9-4-10-16-24)29(34)35-20-27(33)31(18-22-11-5-2-6-12-22)19-23-13-7-3-8-14-23/h2-17H,18-20H2,1H3. The Hall–Kier alpha value is -4.23. The van der Waals surface area contributed by atoms with Crippen molar-refractivity contribution < 1.29 is 14.3 Å². The number of aromatic nitrogens is 2. The van der Waals surface area contributed by atoms with E-state index in [1.807, 2.05) is 103 Å². The summed E-state index contributed by atoms with van der Waals surface area (Å²) in [4.78, 5) is 29.1. The second-order valence-corrected chi connectivity index (χ2v) is 9.49. The quantitative estimate of drug-likeness (QED) is 0.256. The van der Waals surface area contributed by atoms with Crippen molar-refractivity contribution in [3.8, 4) is 5.69 Å². The Kier molecular flexibility index (Phi) is 6.91. The number of benzene rings is 3. The molecule has 3 aromatic carbocycles. The molecule has 36 heavy (non-hydrogen) atoms. The first-order valence-corrected chi connectivity index (χ1v) is 12.5. The van der Waals surface area contributed by atoms with Crippen LogP contribution in [0.15, 0.2) is 97.1 Å². The lowest BCUT2D eigenvalue weighted by Gasteiger charge is -2.23. The molecule has 0 aliphatic rings. The van der Waals surface area contributed by atoms with Gasteiger partial charge in [0.2, 0.25) is 0 Å². The average Bonchev–Trinajstić information content (AvgIpc) is 3.49. The Morgan fingerprint density at radius 1 is 0.861 bits per heavy atom. The Morgan fingerprint density at radius 2 is 1.42 bits per heavy atom.